The number of rotatable bonds is 8. The second-order valence-electron chi connectivity index (χ2n) is 10.5. The molecule has 0 radical (unpaired) electrons. The summed E-state index contributed by atoms with van der Waals surface area (Å²) in [5.74, 6) is 0.476. The fraction of sp³-hybridized carbons (Fsp3) is 0.281. The summed E-state index contributed by atoms with van der Waals surface area (Å²) < 4.78 is 24.9. The molecule has 1 aliphatic carbocycles. The Morgan fingerprint density at radius 3 is 2.75 bits per heavy atom. The van der Waals surface area contributed by atoms with Gasteiger partial charge in [0, 0.05) is 19.0 Å². The maximum Gasteiger partial charge on any atom is 0.273 e. The molecule has 0 spiro atoms. The molecule has 2 aliphatic rings. The molecule has 1 aliphatic heterocycles. The number of benzene rings is 3. The van der Waals surface area contributed by atoms with Gasteiger partial charge in [0.1, 0.15) is 17.8 Å². The van der Waals surface area contributed by atoms with Crippen LogP contribution in [-0.4, -0.2) is 28.2 Å². The van der Waals surface area contributed by atoms with E-state index in [4.69, 9.17) is 9.15 Å². The number of halogens is 1. The van der Waals surface area contributed by atoms with Crippen molar-refractivity contribution in [2.75, 3.05) is 6.54 Å². The highest BCUT2D eigenvalue weighted by atomic mass is 19.1. The molecule has 2 heterocycles. The minimum absolute atomic E-state index is 0.0375. The predicted octanol–water partition coefficient (Wildman–Crippen LogP) is 5.52. The van der Waals surface area contributed by atoms with E-state index in [-0.39, 0.29) is 48.4 Å². The molecule has 0 unspecified atom stereocenters. The maximum atomic E-state index is 13.4. The predicted molar refractivity (Wildman–Crippen MR) is 146 cm³/mol. The van der Waals surface area contributed by atoms with Crippen molar-refractivity contribution in [3.63, 3.8) is 0 Å². The molecule has 7 nitrogen and oxygen atoms in total. The number of amides is 2. The van der Waals surface area contributed by atoms with Crippen LogP contribution in [0.1, 0.15) is 63.1 Å². The molecule has 1 aromatic heterocycles. The highest BCUT2D eigenvalue weighted by molar-refractivity contribution is 5.91. The molecule has 8 heteroatoms. The van der Waals surface area contributed by atoms with Gasteiger partial charge in [-0.1, -0.05) is 48.0 Å². The summed E-state index contributed by atoms with van der Waals surface area (Å²) in [5.41, 5.74) is 5.27. The first-order valence-corrected chi connectivity index (χ1v) is 13.5. The lowest BCUT2D eigenvalue weighted by Crippen LogP contribution is -2.41. The van der Waals surface area contributed by atoms with Crippen molar-refractivity contribution in [2.24, 2.45) is 5.92 Å². The Hall–Kier alpha value is -4.46. The third-order valence-corrected chi connectivity index (χ3v) is 7.40. The van der Waals surface area contributed by atoms with Gasteiger partial charge in [0.15, 0.2) is 12.3 Å². The van der Waals surface area contributed by atoms with E-state index in [1.54, 1.807) is 12.1 Å². The number of carbonyl (C=O) groups excluding carboxylic acids is 2. The maximum absolute atomic E-state index is 13.4. The first-order valence-electron chi connectivity index (χ1n) is 13.5. The lowest BCUT2D eigenvalue weighted by molar-refractivity contribution is -0.134. The molecule has 1 saturated carbocycles. The number of aryl methyl sites for hydroxylation is 1. The summed E-state index contributed by atoms with van der Waals surface area (Å²) in [6, 6.07) is 20.2. The van der Waals surface area contributed by atoms with Crippen LogP contribution in [0.25, 0.3) is 0 Å². The van der Waals surface area contributed by atoms with Crippen LogP contribution in [-0.2, 0) is 24.4 Å². The summed E-state index contributed by atoms with van der Waals surface area (Å²) in [5, 5.41) is 2.71. The lowest BCUT2D eigenvalue weighted by atomic mass is 9.87. The van der Waals surface area contributed by atoms with Gasteiger partial charge >= 0.3 is 0 Å². The number of hydrogen-bond donors (Lipinski definition) is 1. The van der Waals surface area contributed by atoms with E-state index < -0.39 is 5.91 Å². The molecule has 1 atom stereocenters. The Balaban J connectivity index is 1.16. The van der Waals surface area contributed by atoms with Crippen molar-refractivity contribution in [2.45, 2.75) is 45.4 Å². The van der Waals surface area contributed by atoms with Crippen molar-refractivity contribution in [3.05, 3.63) is 118 Å². The average molecular weight is 540 g/mol. The van der Waals surface area contributed by atoms with Crippen LogP contribution in [0.4, 0.5) is 4.39 Å². The van der Waals surface area contributed by atoms with E-state index in [1.807, 2.05) is 23.1 Å². The normalized spacial score (nSPS) is 16.4. The van der Waals surface area contributed by atoms with Gasteiger partial charge in [-0.3, -0.25) is 9.59 Å². The van der Waals surface area contributed by atoms with Gasteiger partial charge in [0.2, 0.25) is 11.8 Å². The monoisotopic (exact) mass is 539 g/mol. The molecular weight excluding hydrogens is 509 g/mol. The number of carbonyl (C=O) groups is 2. The molecule has 6 rings (SSSR count). The smallest absolute Gasteiger partial charge is 0.273 e. The first kappa shape index (κ1) is 25.8. The number of fused-ring (bicyclic) bond motifs is 1. The van der Waals surface area contributed by atoms with Crippen molar-refractivity contribution in [1.29, 1.82) is 0 Å². The zero-order chi connectivity index (χ0) is 27.6. The number of nitrogens with one attached hydrogen (secondary N) is 1. The summed E-state index contributed by atoms with van der Waals surface area (Å²) in [6.07, 6.45) is 4.01. The SMILES string of the molecule is Cc1cccc([C@H]2c3cc(OCc4nc(C(=O)NCc5cccc(F)c5)co4)ccc3CCN2C(=O)C2CC2)c1. The first-order chi connectivity index (χ1) is 19.4. The van der Waals surface area contributed by atoms with E-state index in [0.29, 0.717) is 17.9 Å². The summed E-state index contributed by atoms with van der Waals surface area (Å²) in [6.45, 7) is 2.97. The molecule has 2 amide bonds. The fourth-order valence-corrected chi connectivity index (χ4v) is 5.23. The Labute approximate surface area is 232 Å². The second kappa shape index (κ2) is 11.0. The van der Waals surface area contributed by atoms with Gasteiger partial charge in [-0.15, -0.1) is 0 Å². The van der Waals surface area contributed by atoms with Crippen LogP contribution < -0.4 is 10.1 Å². The molecule has 0 saturated heterocycles. The molecule has 204 valence electrons. The standard InChI is InChI=1S/C32H30FN3O4/c1-20-4-2-6-24(14-20)30-27-16-26(11-10-22(27)12-13-36(30)32(38)23-8-9-23)39-19-29-35-28(18-40-29)31(37)34-17-21-5-3-7-25(33)15-21/h2-7,10-11,14-16,18,23,30H,8-9,12-13,17,19H2,1H3,(H,34,37)/t30-/m0/s1. The minimum Gasteiger partial charge on any atom is -0.484 e. The average Bonchev–Trinajstić information content (AvgIpc) is 3.71. The van der Waals surface area contributed by atoms with Gasteiger partial charge in [0.05, 0.1) is 6.04 Å². The van der Waals surface area contributed by atoms with Crippen molar-refractivity contribution in [1.82, 2.24) is 15.2 Å². The Morgan fingerprint density at radius 2 is 1.95 bits per heavy atom. The summed E-state index contributed by atoms with van der Waals surface area (Å²) in [4.78, 5) is 32.0. The molecule has 1 fully saturated rings. The Morgan fingerprint density at radius 1 is 1.10 bits per heavy atom. The van der Waals surface area contributed by atoms with Gasteiger partial charge in [-0.25, -0.2) is 9.37 Å². The van der Waals surface area contributed by atoms with Crippen LogP contribution in [0.5, 0.6) is 5.75 Å². The van der Waals surface area contributed by atoms with E-state index in [0.717, 1.165) is 36.0 Å². The molecule has 1 N–H and O–H groups in total. The van der Waals surface area contributed by atoms with Crippen molar-refractivity contribution in [3.8, 4) is 5.75 Å². The number of nitrogens with zero attached hydrogens (tertiary/aromatic N) is 2. The molecule has 3 aromatic carbocycles. The number of oxazole rings is 1. The van der Waals surface area contributed by atoms with Crippen LogP contribution in [0.3, 0.4) is 0 Å². The van der Waals surface area contributed by atoms with E-state index in [1.165, 1.54) is 24.0 Å². The number of hydrogen-bond acceptors (Lipinski definition) is 5. The summed E-state index contributed by atoms with van der Waals surface area (Å²) >= 11 is 0. The summed E-state index contributed by atoms with van der Waals surface area (Å²) in [7, 11) is 0. The molecule has 40 heavy (non-hydrogen) atoms. The largest absolute Gasteiger partial charge is 0.484 e. The zero-order valence-corrected chi connectivity index (χ0v) is 22.2. The fourth-order valence-electron chi connectivity index (χ4n) is 5.23. The van der Waals surface area contributed by atoms with E-state index in [2.05, 4.69) is 41.5 Å². The zero-order valence-electron chi connectivity index (χ0n) is 22.2. The second-order valence-corrected chi connectivity index (χ2v) is 10.5. The number of ether oxygens (including phenoxy) is 1. The van der Waals surface area contributed by atoms with Gasteiger partial charge in [-0.2, -0.15) is 0 Å². The molecule has 4 aromatic rings. The van der Waals surface area contributed by atoms with Crippen molar-refractivity contribution < 1.29 is 23.1 Å². The molecular formula is C32H30FN3O4. The van der Waals surface area contributed by atoms with Gasteiger partial charge < -0.3 is 19.4 Å². The van der Waals surface area contributed by atoms with E-state index in [9.17, 15) is 14.0 Å². The van der Waals surface area contributed by atoms with Crippen molar-refractivity contribution >= 4 is 11.8 Å². The third kappa shape index (κ3) is 5.61. The van der Waals surface area contributed by atoms with Gasteiger partial charge in [0.25, 0.3) is 5.91 Å². The highest BCUT2D eigenvalue weighted by Gasteiger charge is 2.39. The molecule has 0 bridgehead atoms. The van der Waals surface area contributed by atoms with E-state index >= 15 is 0 Å². The lowest BCUT2D eigenvalue weighted by Gasteiger charge is -2.38. The van der Waals surface area contributed by atoms with Crippen LogP contribution >= 0.6 is 0 Å². The van der Waals surface area contributed by atoms with Crippen LogP contribution in [0, 0.1) is 18.7 Å². The highest BCUT2D eigenvalue weighted by Crippen LogP contribution is 2.41. The quantitative estimate of drug-likeness (QED) is 0.319. The number of aromatic nitrogens is 1. The Kier molecular flexibility index (Phi) is 7.07. The minimum atomic E-state index is -0.422. The van der Waals surface area contributed by atoms with Crippen LogP contribution in [0.2, 0.25) is 0 Å². The topological polar surface area (TPSA) is 84.7 Å². The third-order valence-electron chi connectivity index (χ3n) is 7.40. The Bertz CT molecular complexity index is 1560. The van der Waals surface area contributed by atoms with Crippen LogP contribution in [0.15, 0.2) is 77.4 Å². The van der Waals surface area contributed by atoms with Gasteiger partial charge in [-0.05, 0) is 72.7 Å².